The second-order valence-electron chi connectivity index (χ2n) is 6.01. The van der Waals surface area contributed by atoms with Crippen molar-refractivity contribution in [2.75, 3.05) is 32.5 Å². The first-order valence-electron chi connectivity index (χ1n) is 6.59. The third kappa shape index (κ3) is 5.75. The first-order chi connectivity index (χ1) is 8.79. The SMILES string of the molecule is CN(C)CCNC(=O)Nc1ccc(C(C)(C)C)cc1. The number of carbonyl (C=O) groups excluding carboxylic acids is 1. The Morgan fingerprint density at radius 3 is 2.21 bits per heavy atom. The summed E-state index contributed by atoms with van der Waals surface area (Å²) in [7, 11) is 3.95. The van der Waals surface area contributed by atoms with Crippen LogP contribution in [0.15, 0.2) is 24.3 Å². The molecule has 2 amide bonds. The number of urea groups is 1. The summed E-state index contributed by atoms with van der Waals surface area (Å²) in [5.74, 6) is 0. The van der Waals surface area contributed by atoms with Crippen molar-refractivity contribution in [2.24, 2.45) is 0 Å². The van der Waals surface area contributed by atoms with Crippen LogP contribution in [-0.4, -0.2) is 38.1 Å². The Morgan fingerprint density at radius 2 is 1.74 bits per heavy atom. The third-order valence-electron chi connectivity index (χ3n) is 2.85. The van der Waals surface area contributed by atoms with Crippen LogP contribution in [0.5, 0.6) is 0 Å². The molecule has 2 N–H and O–H groups in total. The first-order valence-corrected chi connectivity index (χ1v) is 6.59. The lowest BCUT2D eigenvalue weighted by molar-refractivity contribution is 0.250. The van der Waals surface area contributed by atoms with Crippen LogP contribution >= 0.6 is 0 Å². The Balaban J connectivity index is 2.47. The Labute approximate surface area is 116 Å². The Kier molecular flexibility index (Phi) is 5.36. The van der Waals surface area contributed by atoms with Gasteiger partial charge in [0.2, 0.25) is 0 Å². The average Bonchev–Trinajstić information content (AvgIpc) is 2.27. The summed E-state index contributed by atoms with van der Waals surface area (Å²) >= 11 is 0. The van der Waals surface area contributed by atoms with Crippen molar-refractivity contribution in [1.29, 1.82) is 0 Å². The quantitative estimate of drug-likeness (QED) is 0.877. The largest absolute Gasteiger partial charge is 0.337 e. The zero-order valence-corrected chi connectivity index (χ0v) is 12.6. The molecule has 1 aromatic carbocycles. The Bertz CT molecular complexity index is 404. The van der Waals surface area contributed by atoms with Crippen LogP contribution in [0.2, 0.25) is 0 Å². The number of anilines is 1. The molecule has 1 aromatic rings. The molecule has 0 aliphatic rings. The molecule has 19 heavy (non-hydrogen) atoms. The molecule has 0 aromatic heterocycles. The van der Waals surface area contributed by atoms with Gasteiger partial charge in [0, 0.05) is 18.8 Å². The average molecular weight is 263 g/mol. The fraction of sp³-hybridized carbons (Fsp3) is 0.533. The molecule has 4 nitrogen and oxygen atoms in total. The Morgan fingerprint density at radius 1 is 1.16 bits per heavy atom. The predicted octanol–water partition coefficient (Wildman–Crippen LogP) is 2.67. The molecule has 0 aliphatic heterocycles. The molecule has 4 heteroatoms. The standard InChI is InChI=1S/C15H25N3O/c1-15(2,3)12-6-8-13(9-7-12)17-14(19)16-10-11-18(4)5/h6-9H,10-11H2,1-5H3,(H2,16,17,19). The van der Waals surface area contributed by atoms with E-state index < -0.39 is 0 Å². The molecule has 0 unspecified atom stereocenters. The van der Waals surface area contributed by atoms with Gasteiger partial charge in [-0.2, -0.15) is 0 Å². The van der Waals surface area contributed by atoms with Crippen LogP contribution < -0.4 is 10.6 Å². The topological polar surface area (TPSA) is 44.4 Å². The number of nitrogens with zero attached hydrogens (tertiary/aromatic N) is 1. The molecule has 0 atom stereocenters. The molecule has 1 rings (SSSR count). The second-order valence-corrected chi connectivity index (χ2v) is 6.01. The van der Waals surface area contributed by atoms with Gasteiger partial charge in [0.05, 0.1) is 0 Å². The summed E-state index contributed by atoms with van der Waals surface area (Å²) < 4.78 is 0. The van der Waals surface area contributed by atoms with Gasteiger partial charge in [0.15, 0.2) is 0 Å². The van der Waals surface area contributed by atoms with Crippen LogP contribution in [0.25, 0.3) is 0 Å². The summed E-state index contributed by atoms with van der Waals surface area (Å²) in [5, 5.41) is 5.64. The van der Waals surface area contributed by atoms with Crippen LogP contribution in [0.3, 0.4) is 0 Å². The van der Waals surface area contributed by atoms with Crippen molar-refractivity contribution in [3.05, 3.63) is 29.8 Å². The van der Waals surface area contributed by atoms with Crippen molar-refractivity contribution in [3.63, 3.8) is 0 Å². The van der Waals surface area contributed by atoms with Gasteiger partial charge in [0.1, 0.15) is 0 Å². The van der Waals surface area contributed by atoms with Crippen LogP contribution in [0.4, 0.5) is 10.5 Å². The molecule has 106 valence electrons. The van der Waals surface area contributed by atoms with Gasteiger partial charge >= 0.3 is 6.03 Å². The smallest absolute Gasteiger partial charge is 0.319 e. The highest BCUT2D eigenvalue weighted by Crippen LogP contribution is 2.23. The van der Waals surface area contributed by atoms with E-state index in [4.69, 9.17) is 0 Å². The minimum atomic E-state index is -0.162. The van der Waals surface area contributed by atoms with Crippen molar-refractivity contribution >= 4 is 11.7 Å². The van der Waals surface area contributed by atoms with E-state index in [1.165, 1.54) is 5.56 Å². The second kappa shape index (κ2) is 6.57. The molecule has 0 saturated carbocycles. The number of carbonyl (C=O) groups is 1. The summed E-state index contributed by atoms with van der Waals surface area (Å²) in [6, 6.07) is 7.81. The van der Waals surface area contributed by atoms with E-state index in [2.05, 4.69) is 43.5 Å². The highest BCUT2D eigenvalue weighted by atomic mass is 16.2. The van der Waals surface area contributed by atoms with Crippen LogP contribution in [-0.2, 0) is 5.41 Å². The fourth-order valence-electron chi connectivity index (χ4n) is 1.62. The monoisotopic (exact) mass is 263 g/mol. The number of amides is 2. The maximum absolute atomic E-state index is 11.6. The number of hydrogen-bond donors (Lipinski definition) is 2. The molecular weight excluding hydrogens is 238 g/mol. The van der Waals surface area contributed by atoms with E-state index >= 15 is 0 Å². The number of nitrogens with one attached hydrogen (secondary N) is 2. The molecule has 0 radical (unpaired) electrons. The predicted molar refractivity (Wildman–Crippen MR) is 80.7 cm³/mol. The maximum atomic E-state index is 11.6. The van der Waals surface area contributed by atoms with E-state index in [-0.39, 0.29) is 11.4 Å². The molecule has 0 spiro atoms. The molecule has 0 heterocycles. The van der Waals surface area contributed by atoms with E-state index in [9.17, 15) is 4.79 Å². The van der Waals surface area contributed by atoms with E-state index in [0.717, 1.165) is 12.2 Å². The highest BCUT2D eigenvalue weighted by molar-refractivity contribution is 5.89. The van der Waals surface area contributed by atoms with Crippen LogP contribution in [0, 0.1) is 0 Å². The number of likely N-dealkylation sites (N-methyl/N-ethyl adjacent to an activating group) is 1. The lowest BCUT2D eigenvalue weighted by atomic mass is 9.87. The lowest BCUT2D eigenvalue weighted by Gasteiger charge is -2.19. The zero-order chi connectivity index (χ0) is 14.5. The van der Waals surface area contributed by atoms with Gasteiger partial charge in [-0.1, -0.05) is 32.9 Å². The minimum Gasteiger partial charge on any atom is -0.337 e. The van der Waals surface area contributed by atoms with Gasteiger partial charge in [-0.15, -0.1) is 0 Å². The number of hydrogen-bond acceptors (Lipinski definition) is 2. The fourth-order valence-corrected chi connectivity index (χ4v) is 1.62. The molecule has 0 saturated heterocycles. The molecule has 0 fully saturated rings. The Hall–Kier alpha value is -1.55. The number of benzene rings is 1. The van der Waals surface area contributed by atoms with Gasteiger partial charge in [0.25, 0.3) is 0 Å². The number of rotatable bonds is 4. The van der Waals surface area contributed by atoms with E-state index in [1.54, 1.807) is 0 Å². The molecular formula is C15H25N3O. The summed E-state index contributed by atoms with van der Waals surface area (Å²) in [5.41, 5.74) is 2.20. The highest BCUT2D eigenvalue weighted by Gasteiger charge is 2.13. The normalized spacial score (nSPS) is 11.5. The van der Waals surface area contributed by atoms with Gasteiger partial charge < -0.3 is 15.5 Å². The molecule has 0 bridgehead atoms. The maximum Gasteiger partial charge on any atom is 0.319 e. The van der Waals surface area contributed by atoms with Gasteiger partial charge in [-0.05, 0) is 37.2 Å². The third-order valence-corrected chi connectivity index (χ3v) is 2.85. The van der Waals surface area contributed by atoms with Gasteiger partial charge in [-0.25, -0.2) is 4.79 Å². The summed E-state index contributed by atoms with van der Waals surface area (Å²) in [6.45, 7) is 7.98. The van der Waals surface area contributed by atoms with Crippen LogP contribution in [0.1, 0.15) is 26.3 Å². The van der Waals surface area contributed by atoms with Crippen molar-refractivity contribution in [3.8, 4) is 0 Å². The minimum absolute atomic E-state index is 0.131. The summed E-state index contributed by atoms with van der Waals surface area (Å²) in [6.07, 6.45) is 0. The van der Waals surface area contributed by atoms with Crippen molar-refractivity contribution in [2.45, 2.75) is 26.2 Å². The van der Waals surface area contributed by atoms with E-state index in [1.807, 2.05) is 31.1 Å². The zero-order valence-electron chi connectivity index (χ0n) is 12.6. The van der Waals surface area contributed by atoms with Crippen molar-refractivity contribution < 1.29 is 4.79 Å². The summed E-state index contributed by atoms with van der Waals surface area (Å²) in [4.78, 5) is 13.7. The lowest BCUT2D eigenvalue weighted by Crippen LogP contribution is -2.34. The van der Waals surface area contributed by atoms with Gasteiger partial charge in [-0.3, -0.25) is 0 Å². The van der Waals surface area contributed by atoms with E-state index in [0.29, 0.717) is 6.54 Å². The molecule has 0 aliphatic carbocycles. The first kappa shape index (κ1) is 15.5. The van der Waals surface area contributed by atoms with Crippen molar-refractivity contribution in [1.82, 2.24) is 10.2 Å².